The van der Waals surface area contributed by atoms with Gasteiger partial charge in [0.2, 0.25) is 10.0 Å². The second-order valence-electron chi connectivity index (χ2n) is 6.90. The van der Waals surface area contributed by atoms with E-state index in [0.717, 1.165) is 13.1 Å². The van der Waals surface area contributed by atoms with Gasteiger partial charge < -0.3 is 9.47 Å². The van der Waals surface area contributed by atoms with Crippen LogP contribution in [0.4, 0.5) is 4.39 Å². The molecule has 0 radical (unpaired) electrons. The van der Waals surface area contributed by atoms with Crippen LogP contribution in [0.15, 0.2) is 47.6 Å². The lowest BCUT2D eigenvalue weighted by atomic mass is 10.2. The normalized spacial score (nSPS) is 22.8. The number of benzene rings is 1. The SMILES string of the molecule is O=S1(=O)c2cnccc2OC(CN2CCOCC2)CN1Cc1cccc(F)c1. The summed E-state index contributed by atoms with van der Waals surface area (Å²) >= 11 is 0. The molecule has 1 saturated heterocycles. The van der Waals surface area contributed by atoms with Gasteiger partial charge in [0.1, 0.15) is 22.6 Å². The Morgan fingerprint density at radius 1 is 1.21 bits per heavy atom. The van der Waals surface area contributed by atoms with Gasteiger partial charge in [-0.25, -0.2) is 12.8 Å². The molecule has 9 heteroatoms. The summed E-state index contributed by atoms with van der Waals surface area (Å²) < 4.78 is 52.9. The minimum Gasteiger partial charge on any atom is -0.486 e. The van der Waals surface area contributed by atoms with Crippen LogP contribution >= 0.6 is 0 Å². The van der Waals surface area contributed by atoms with E-state index < -0.39 is 15.8 Å². The Balaban J connectivity index is 1.64. The maximum absolute atomic E-state index is 13.6. The van der Waals surface area contributed by atoms with Gasteiger partial charge in [-0.15, -0.1) is 0 Å². The molecule has 1 aromatic heterocycles. The smallest absolute Gasteiger partial charge is 0.248 e. The van der Waals surface area contributed by atoms with Gasteiger partial charge in [-0.2, -0.15) is 4.31 Å². The van der Waals surface area contributed by atoms with Crippen molar-refractivity contribution < 1.29 is 22.3 Å². The van der Waals surface area contributed by atoms with Gasteiger partial charge >= 0.3 is 0 Å². The quantitative estimate of drug-likeness (QED) is 0.765. The van der Waals surface area contributed by atoms with E-state index in [-0.39, 0.29) is 24.1 Å². The van der Waals surface area contributed by atoms with Crippen molar-refractivity contribution in [1.82, 2.24) is 14.2 Å². The summed E-state index contributed by atoms with van der Waals surface area (Å²) in [6, 6.07) is 7.55. The molecule has 4 rings (SSSR count). The van der Waals surface area contributed by atoms with Crippen LogP contribution in [0, 0.1) is 5.82 Å². The van der Waals surface area contributed by atoms with E-state index in [9.17, 15) is 12.8 Å². The van der Waals surface area contributed by atoms with Crippen molar-refractivity contribution in [1.29, 1.82) is 0 Å². The maximum Gasteiger partial charge on any atom is 0.248 e. The number of ether oxygens (including phenoxy) is 2. The average Bonchev–Trinajstić information content (AvgIpc) is 2.78. The molecule has 0 aliphatic carbocycles. The lowest BCUT2D eigenvalue weighted by Gasteiger charge is -2.31. The standard InChI is InChI=1S/C19H22FN3O4S/c20-16-3-1-2-15(10-16)12-23-14-17(13-22-6-8-26-9-7-22)27-18-4-5-21-11-19(18)28(23,24)25/h1-5,10-11,17H,6-9,12-14H2. The summed E-state index contributed by atoms with van der Waals surface area (Å²) in [6.07, 6.45) is 2.47. The highest BCUT2D eigenvalue weighted by Crippen LogP contribution is 2.31. The molecule has 1 unspecified atom stereocenters. The number of morpholine rings is 1. The number of aromatic nitrogens is 1. The molecule has 0 spiro atoms. The molecule has 0 bridgehead atoms. The molecule has 1 aromatic carbocycles. The Hall–Kier alpha value is -2.07. The number of hydrogen-bond donors (Lipinski definition) is 0. The first-order valence-electron chi connectivity index (χ1n) is 9.18. The third-order valence-corrected chi connectivity index (χ3v) is 6.70. The number of rotatable bonds is 4. The van der Waals surface area contributed by atoms with Gasteiger partial charge in [0.05, 0.1) is 26.0 Å². The van der Waals surface area contributed by atoms with E-state index in [4.69, 9.17) is 9.47 Å². The van der Waals surface area contributed by atoms with Crippen molar-refractivity contribution in [2.75, 3.05) is 39.4 Å². The zero-order valence-electron chi connectivity index (χ0n) is 15.3. The van der Waals surface area contributed by atoms with Crippen molar-refractivity contribution in [3.63, 3.8) is 0 Å². The van der Waals surface area contributed by atoms with Crippen LogP contribution in [0.1, 0.15) is 5.56 Å². The number of pyridine rings is 1. The minimum absolute atomic E-state index is 0.0379. The molecule has 1 atom stereocenters. The molecule has 2 aliphatic heterocycles. The molecule has 0 N–H and O–H groups in total. The molecule has 28 heavy (non-hydrogen) atoms. The predicted octanol–water partition coefficient (Wildman–Crippen LogP) is 1.50. The summed E-state index contributed by atoms with van der Waals surface area (Å²) in [7, 11) is -3.82. The maximum atomic E-state index is 13.6. The van der Waals surface area contributed by atoms with Gasteiger partial charge in [-0.1, -0.05) is 12.1 Å². The summed E-state index contributed by atoms with van der Waals surface area (Å²) in [4.78, 5) is 6.20. The fourth-order valence-corrected chi connectivity index (χ4v) is 5.02. The topological polar surface area (TPSA) is 72.0 Å². The summed E-state index contributed by atoms with van der Waals surface area (Å²) in [5.74, 6) is -0.0945. The van der Waals surface area contributed by atoms with E-state index in [1.165, 1.54) is 28.8 Å². The van der Waals surface area contributed by atoms with Crippen LogP contribution < -0.4 is 4.74 Å². The molecule has 2 aliphatic rings. The first-order valence-corrected chi connectivity index (χ1v) is 10.6. The second-order valence-corrected chi connectivity index (χ2v) is 8.81. The van der Waals surface area contributed by atoms with Crippen molar-refractivity contribution in [2.45, 2.75) is 17.5 Å². The zero-order valence-corrected chi connectivity index (χ0v) is 16.1. The molecular formula is C19H22FN3O4S. The third kappa shape index (κ3) is 4.17. The Kier molecular flexibility index (Phi) is 5.58. The number of hydrogen-bond acceptors (Lipinski definition) is 6. The molecule has 150 valence electrons. The van der Waals surface area contributed by atoms with E-state index in [0.29, 0.717) is 31.1 Å². The lowest BCUT2D eigenvalue weighted by molar-refractivity contribution is 0.0167. The van der Waals surface area contributed by atoms with Crippen LogP contribution in [0.25, 0.3) is 0 Å². The Morgan fingerprint density at radius 2 is 2.04 bits per heavy atom. The number of nitrogens with zero attached hydrogens (tertiary/aromatic N) is 3. The third-order valence-electron chi connectivity index (χ3n) is 4.88. The Morgan fingerprint density at radius 3 is 2.82 bits per heavy atom. The summed E-state index contributed by atoms with van der Waals surface area (Å²) in [5, 5.41) is 0. The first kappa shape index (κ1) is 19.3. The monoisotopic (exact) mass is 407 g/mol. The highest BCUT2D eigenvalue weighted by Gasteiger charge is 2.35. The molecule has 3 heterocycles. The van der Waals surface area contributed by atoms with Crippen LogP contribution in [-0.2, 0) is 21.3 Å². The number of halogens is 1. The van der Waals surface area contributed by atoms with Crippen LogP contribution in [0.3, 0.4) is 0 Å². The molecule has 1 fully saturated rings. The van der Waals surface area contributed by atoms with Crippen LogP contribution in [-0.4, -0.2) is 68.1 Å². The Bertz CT molecular complexity index is 934. The van der Waals surface area contributed by atoms with Gasteiger partial charge in [0.15, 0.2) is 0 Å². The minimum atomic E-state index is -3.82. The number of sulfonamides is 1. The zero-order chi connectivity index (χ0) is 19.6. The highest BCUT2D eigenvalue weighted by atomic mass is 32.2. The van der Waals surface area contributed by atoms with Crippen molar-refractivity contribution in [2.24, 2.45) is 0 Å². The average molecular weight is 407 g/mol. The van der Waals surface area contributed by atoms with Gasteiger partial charge in [0, 0.05) is 32.4 Å². The van der Waals surface area contributed by atoms with E-state index in [2.05, 4.69) is 9.88 Å². The van der Waals surface area contributed by atoms with Crippen LogP contribution in [0.5, 0.6) is 5.75 Å². The lowest BCUT2D eigenvalue weighted by Crippen LogP contribution is -2.46. The van der Waals surface area contributed by atoms with E-state index >= 15 is 0 Å². The molecule has 7 nitrogen and oxygen atoms in total. The fourth-order valence-electron chi connectivity index (χ4n) is 3.49. The molecule has 2 aromatic rings. The summed E-state index contributed by atoms with van der Waals surface area (Å²) in [5.41, 5.74) is 0.584. The van der Waals surface area contributed by atoms with Gasteiger partial charge in [-0.05, 0) is 23.8 Å². The second kappa shape index (κ2) is 8.12. The Labute approximate surface area is 163 Å². The van der Waals surface area contributed by atoms with E-state index in [1.807, 2.05) is 0 Å². The van der Waals surface area contributed by atoms with Crippen LogP contribution in [0.2, 0.25) is 0 Å². The largest absolute Gasteiger partial charge is 0.486 e. The van der Waals surface area contributed by atoms with Crippen molar-refractivity contribution in [3.8, 4) is 5.75 Å². The van der Waals surface area contributed by atoms with E-state index in [1.54, 1.807) is 18.2 Å². The van der Waals surface area contributed by atoms with Crippen molar-refractivity contribution in [3.05, 3.63) is 54.1 Å². The molecular weight excluding hydrogens is 385 g/mol. The molecule has 0 amide bonds. The molecule has 0 saturated carbocycles. The fraction of sp³-hybridized carbons (Fsp3) is 0.421. The first-order chi connectivity index (χ1) is 13.5. The van der Waals surface area contributed by atoms with Crippen molar-refractivity contribution >= 4 is 10.0 Å². The number of fused-ring (bicyclic) bond motifs is 1. The summed E-state index contributed by atoms with van der Waals surface area (Å²) in [6.45, 7) is 3.68. The predicted molar refractivity (Wildman–Crippen MR) is 99.9 cm³/mol. The van der Waals surface area contributed by atoms with Gasteiger partial charge in [0.25, 0.3) is 0 Å². The van der Waals surface area contributed by atoms with Gasteiger partial charge in [-0.3, -0.25) is 9.88 Å². The highest BCUT2D eigenvalue weighted by molar-refractivity contribution is 7.89.